The summed E-state index contributed by atoms with van der Waals surface area (Å²) < 4.78 is 11.0. The van der Waals surface area contributed by atoms with Crippen LogP contribution < -0.4 is 10.1 Å². The number of thiophene rings is 1. The summed E-state index contributed by atoms with van der Waals surface area (Å²) in [4.78, 5) is 27.5. The molecule has 1 aromatic carbocycles. The number of amides is 2. The standard InChI is InChI=1S/C22H28N2O4S/c1-16(20-4-3-15-29-20)23-22(26)17-5-7-18(8-6-17)28-19-9-12-24(13-10-19)21(25)11-14-27-2/h3-8,15-16,19H,9-14H2,1-2H3,(H,23,26)/t16-/m0/s1. The number of carbonyl (C=O) groups excluding carboxylic acids is 2. The maximum Gasteiger partial charge on any atom is 0.251 e. The lowest BCUT2D eigenvalue weighted by Gasteiger charge is -2.32. The average molecular weight is 417 g/mol. The normalized spacial score (nSPS) is 15.7. The first-order valence-corrected chi connectivity index (χ1v) is 10.8. The Balaban J connectivity index is 1.46. The first-order chi connectivity index (χ1) is 14.1. The molecule has 0 aliphatic carbocycles. The van der Waals surface area contributed by atoms with Gasteiger partial charge >= 0.3 is 0 Å². The highest BCUT2D eigenvalue weighted by Gasteiger charge is 2.23. The molecule has 1 aliphatic rings. The zero-order chi connectivity index (χ0) is 20.6. The number of carbonyl (C=O) groups is 2. The fourth-order valence-electron chi connectivity index (χ4n) is 3.34. The molecular weight excluding hydrogens is 388 g/mol. The van der Waals surface area contributed by atoms with Crippen molar-refractivity contribution in [3.05, 3.63) is 52.2 Å². The van der Waals surface area contributed by atoms with Crippen molar-refractivity contribution in [2.45, 2.75) is 38.3 Å². The van der Waals surface area contributed by atoms with Gasteiger partial charge in [0.25, 0.3) is 5.91 Å². The number of piperidine rings is 1. The summed E-state index contributed by atoms with van der Waals surface area (Å²) in [7, 11) is 1.60. The van der Waals surface area contributed by atoms with Gasteiger partial charge in [-0.25, -0.2) is 0 Å². The minimum atomic E-state index is -0.0969. The molecule has 1 saturated heterocycles. The Bertz CT molecular complexity index is 784. The minimum absolute atomic E-state index is 0.0183. The number of rotatable bonds is 8. The van der Waals surface area contributed by atoms with Gasteiger partial charge in [-0.1, -0.05) is 6.07 Å². The number of nitrogens with zero attached hydrogens (tertiary/aromatic N) is 1. The summed E-state index contributed by atoms with van der Waals surface area (Å²) in [6.45, 7) is 3.84. The molecule has 1 aliphatic heterocycles. The molecule has 1 N–H and O–H groups in total. The molecule has 2 amide bonds. The molecule has 2 heterocycles. The van der Waals surface area contributed by atoms with Crippen LogP contribution in [0.3, 0.4) is 0 Å². The van der Waals surface area contributed by atoms with Crippen LogP contribution in [0.1, 0.15) is 47.5 Å². The zero-order valence-electron chi connectivity index (χ0n) is 16.9. The number of likely N-dealkylation sites (tertiary alicyclic amines) is 1. The van der Waals surface area contributed by atoms with E-state index in [0.29, 0.717) is 31.7 Å². The van der Waals surface area contributed by atoms with E-state index in [9.17, 15) is 9.59 Å². The molecule has 0 spiro atoms. The fourth-order valence-corrected chi connectivity index (χ4v) is 4.07. The second-order valence-corrected chi connectivity index (χ2v) is 8.16. The lowest BCUT2D eigenvalue weighted by molar-refractivity contribution is -0.133. The third kappa shape index (κ3) is 6.05. The minimum Gasteiger partial charge on any atom is -0.490 e. The number of methoxy groups -OCH3 is 1. The largest absolute Gasteiger partial charge is 0.490 e. The Morgan fingerprint density at radius 1 is 1.21 bits per heavy atom. The van der Waals surface area contributed by atoms with Crippen molar-refractivity contribution < 1.29 is 19.1 Å². The molecule has 2 aromatic rings. The van der Waals surface area contributed by atoms with E-state index in [1.54, 1.807) is 30.6 Å². The Kier molecular flexibility index (Phi) is 7.66. The summed E-state index contributed by atoms with van der Waals surface area (Å²) in [5.41, 5.74) is 0.610. The molecule has 0 radical (unpaired) electrons. The van der Waals surface area contributed by atoms with Crippen molar-refractivity contribution in [1.29, 1.82) is 0 Å². The van der Waals surface area contributed by atoms with E-state index in [-0.39, 0.29) is 24.0 Å². The SMILES string of the molecule is COCCC(=O)N1CCC(Oc2ccc(C(=O)N[C@@H](C)c3cccs3)cc2)CC1. The van der Waals surface area contributed by atoms with Crippen LogP contribution in [0.4, 0.5) is 0 Å². The molecule has 7 heteroatoms. The van der Waals surface area contributed by atoms with Gasteiger partial charge in [0, 0.05) is 43.5 Å². The third-order valence-electron chi connectivity index (χ3n) is 5.05. The van der Waals surface area contributed by atoms with Crippen LogP contribution in [-0.4, -0.2) is 49.6 Å². The van der Waals surface area contributed by atoms with Crippen LogP contribution in [0.5, 0.6) is 5.75 Å². The molecule has 0 bridgehead atoms. The quantitative estimate of drug-likeness (QED) is 0.713. The van der Waals surface area contributed by atoms with Gasteiger partial charge in [-0.3, -0.25) is 9.59 Å². The Morgan fingerprint density at radius 3 is 2.55 bits per heavy atom. The van der Waals surface area contributed by atoms with Gasteiger partial charge in [-0.15, -0.1) is 11.3 Å². The van der Waals surface area contributed by atoms with E-state index in [0.717, 1.165) is 23.5 Å². The molecule has 1 atom stereocenters. The van der Waals surface area contributed by atoms with Crippen LogP contribution in [0.25, 0.3) is 0 Å². The predicted molar refractivity (Wildman–Crippen MR) is 113 cm³/mol. The van der Waals surface area contributed by atoms with Gasteiger partial charge in [0.1, 0.15) is 11.9 Å². The summed E-state index contributed by atoms with van der Waals surface area (Å²) in [6, 6.07) is 11.2. The van der Waals surface area contributed by atoms with Crippen molar-refractivity contribution in [2.24, 2.45) is 0 Å². The molecule has 0 unspecified atom stereocenters. The lowest BCUT2D eigenvalue weighted by atomic mass is 10.1. The smallest absolute Gasteiger partial charge is 0.251 e. The molecular formula is C22H28N2O4S. The fraction of sp³-hybridized carbons (Fsp3) is 0.455. The van der Waals surface area contributed by atoms with Crippen LogP contribution in [0.15, 0.2) is 41.8 Å². The number of ether oxygens (including phenoxy) is 2. The molecule has 29 heavy (non-hydrogen) atoms. The first kappa shape index (κ1) is 21.3. The number of nitrogens with one attached hydrogen (secondary N) is 1. The zero-order valence-corrected chi connectivity index (χ0v) is 17.7. The highest BCUT2D eigenvalue weighted by Crippen LogP contribution is 2.21. The first-order valence-electron chi connectivity index (χ1n) is 9.94. The number of hydrogen-bond donors (Lipinski definition) is 1. The van der Waals surface area contributed by atoms with Crippen molar-refractivity contribution in [1.82, 2.24) is 10.2 Å². The Morgan fingerprint density at radius 2 is 1.93 bits per heavy atom. The molecule has 1 aromatic heterocycles. The van der Waals surface area contributed by atoms with E-state index in [2.05, 4.69) is 5.32 Å². The second-order valence-electron chi connectivity index (χ2n) is 7.18. The number of benzene rings is 1. The Hall–Kier alpha value is -2.38. The van der Waals surface area contributed by atoms with E-state index >= 15 is 0 Å². The number of hydrogen-bond acceptors (Lipinski definition) is 5. The van der Waals surface area contributed by atoms with Crippen molar-refractivity contribution in [2.75, 3.05) is 26.8 Å². The molecule has 0 saturated carbocycles. The third-order valence-corrected chi connectivity index (χ3v) is 6.11. The van der Waals surface area contributed by atoms with Gasteiger partial charge in [-0.2, -0.15) is 0 Å². The molecule has 156 valence electrons. The average Bonchev–Trinajstić information content (AvgIpc) is 3.28. The maximum atomic E-state index is 12.4. The summed E-state index contributed by atoms with van der Waals surface area (Å²) in [6.07, 6.45) is 2.12. The monoisotopic (exact) mass is 416 g/mol. The van der Waals surface area contributed by atoms with Crippen LogP contribution in [0.2, 0.25) is 0 Å². The van der Waals surface area contributed by atoms with Crippen molar-refractivity contribution in [3.63, 3.8) is 0 Å². The molecule has 3 rings (SSSR count). The molecule has 1 fully saturated rings. The van der Waals surface area contributed by atoms with Crippen LogP contribution in [-0.2, 0) is 9.53 Å². The predicted octanol–water partition coefficient (Wildman–Crippen LogP) is 3.65. The van der Waals surface area contributed by atoms with Gasteiger partial charge < -0.3 is 19.7 Å². The molecule has 6 nitrogen and oxygen atoms in total. The van der Waals surface area contributed by atoms with Gasteiger partial charge in [-0.05, 0) is 42.6 Å². The summed E-state index contributed by atoms with van der Waals surface area (Å²) in [5, 5.41) is 5.02. The van der Waals surface area contributed by atoms with Crippen molar-refractivity contribution >= 4 is 23.2 Å². The van der Waals surface area contributed by atoms with Crippen molar-refractivity contribution in [3.8, 4) is 5.75 Å². The topological polar surface area (TPSA) is 67.9 Å². The second kappa shape index (κ2) is 10.4. The maximum absolute atomic E-state index is 12.4. The van der Waals surface area contributed by atoms with E-state index in [1.165, 1.54) is 0 Å². The highest BCUT2D eigenvalue weighted by atomic mass is 32.1. The Labute approximate surface area is 175 Å². The van der Waals surface area contributed by atoms with Crippen LogP contribution >= 0.6 is 11.3 Å². The van der Waals surface area contributed by atoms with Gasteiger partial charge in [0.2, 0.25) is 5.91 Å². The van der Waals surface area contributed by atoms with Gasteiger partial charge in [0.05, 0.1) is 19.1 Å². The van der Waals surface area contributed by atoms with Gasteiger partial charge in [0.15, 0.2) is 0 Å². The summed E-state index contributed by atoms with van der Waals surface area (Å²) in [5.74, 6) is 0.787. The van der Waals surface area contributed by atoms with Crippen LogP contribution in [0, 0.1) is 0 Å². The highest BCUT2D eigenvalue weighted by molar-refractivity contribution is 7.10. The van der Waals surface area contributed by atoms with E-state index in [1.807, 2.05) is 41.5 Å². The van der Waals surface area contributed by atoms with E-state index < -0.39 is 0 Å². The summed E-state index contributed by atoms with van der Waals surface area (Å²) >= 11 is 1.63. The van der Waals surface area contributed by atoms with E-state index in [4.69, 9.17) is 9.47 Å². The lowest BCUT2D eigenvalue weighted by Crippen LogP contribution is -2.42.